The van der Waals surface area contributed by atoms with E-state index in [0.29, 0.717) is 11.3 Å². The molecule has 4 amide bonds. The Kier molecular flexibility index (Phi) is 9.44. The Morgan fingerprint density at radius 2 is 1.57 bits per heavy atom. The van der Waals surface area contributed by atoms with E-state index in [1.165, 1.54) is 0 Å². The predicted molar refractivity (Wildman–Crippen MR) is 141 cm³/mol. The first-order chi connectivity index (χ1) is 17.2. The molecule has 196 valence electrons. The van der Waals surface area contributed by atoms with Crippen LogP contribution in [0.2, 0.25) is 0 Å². The van der Waals surface area contributed by atoms with Crippen molar-refractivity contribution in [2.75, 3.05) is 5.32 Å². The molecular weight excluding hydrogens is 472 g/mol. The molecule has 0 saturated carbocycles. The smallest absolute Gasteiger partial charge is 0.408 e. The van der Waals surface area contributed by atoms with E-state index in [2.05, 4.69) is 16.7 Å². The van der Waals surface area contributed by atoms with Crippen molar-refractivity contribution in [3.8, 4) is 12.5 Å². The fourth-order valence-corrected chi connectivity index (χ4v) is 3.83. The van der Waals surface area contributed by atoms with Crippen molar-refractivity contribution in [3.63, 3.8) is 0 Å². The summed E-state index contributed by atoms with van der Waals surface area (Å²) in [6.07, 6.45) is 4.31. The third-order valence-corrected chi connectivity index (χ3v) is 5.50. The highest BCUT2D eigenvalue weighted by atomic mass is 16.6. The highest BCUT2D eigenvalue weighted by Gasteiger charge is 2.38. The Labute approximate surface area is 217 Å². The Bertz CT molecular complexity index is 1210. The van der Waals surface area contributed by atoms with Crippen molar-refractivity contribution in [1.82, 2.24) is 10.2 Å². The van der Waals surface area contributed by atoms with Gasteiger partial charge in [-0.2, -0.15) is 0 Å². The van der Waals surface area contributed by atoms with Gasteiger partial charge in [0.2, 0.25) is 5.91 Å². The lowest BCUT2D eigenvalue weighted by Crippen LogP contribution is -2.52. The number of ether oxygens (including phenoxy) is 1. The van der Waals surface area contributed by atoms with Gasteiger partial charge >= 0.3 is 6.09 Å². The predicted octanol–water partition coefficient (Wildman–Crippen LogP) is 3.48. The number of hydrogen-bond donors (Lipinski definition) is 3. The van der Waals surface area contributed by atoms with Crippen LogP contribution in [0.25, 0.3) is 0 Å². The molecule has 0 heterocycles. The maximum atomic E-state index is 13.7. The van der Waals surface area contributed by atoms with Crippen LogP contribution in [0.1, 0.15) is 55.5 Å². The van der Waals surface area contributed by atoms with E-state index < -0.39 is 47.9 Å². The van der Waals surface area contributed by atoms with Gasteiger partial charge in [0, 0.05) is 11.7 Å². The number of nitrogens with zero attached hydrogens (tertiary/aromatic N) is 1. The second kappa shape index (κ2) is 12.1. The van der Waals surface area contributed by atoms with Crippen LogP contribution >= 0.6 is 0 Å². The zero-order valence-corrected chi connectivity index (χ0v) is 22.0. The Morgan fingerprint density at radius 1 is 1.00 bits per heavy atom. The van der Waals surface area contributed by atoms with Crippen molar-refractivity contribution < 1.29 is 23.9 Å². The van der Waals surface area contributed by atoms with E-state index in [1.807, 2.05) is 25.1 Å². The largest absolute Gasteiger partial charge is 0.444 e. The molecule has 2 atom stereocenters. The fraction of sp³-hybridized carbons (Fsp3) is 0.357. The van der Waals surface area contributed by atoms with Crippen LogP contribution in [0, 0.1) is 33.2 Å². The third kappa shape index (κ3) is 7.84. The van der Waals surface area contributed by atoms with Crippen LogP contribution in [0.3, 0.4) is 0 Å². The number of nitrogens with one attached hydrogen (secondary N) is 2. The molecule has 37 heavy (non-hydrogen) atoms. The minimum absolute atomic E-state index is 0.523. The second-order valence-electron chi connectivity index (χ2n) is 9.72. The number of benzene rings is 2. The lowest BCUT2D eigenvalue weighted by molar-refractivity contribution is -0.138. The van der Waals surface area contributed by atoms with Crippen LogP contribution in [0.4, 0.5) is 10.5 Å². The van der Waals surface area contributed by atoms with Gasteiger partial charge in [-0.15, -0.1) is 0 Å². The van der Waals surface area contributed by atoms with Crippen molar-refractivity contribution >= 4 is 29.5 Å². The number of amides is 4. The summed E-state index contributed by atoms with van der Waals surface area (Å²) in [5.41, 5.74) is 7.84. The van der Waals surface area contributed by atoms with E-state index >= 15 is 0 Å². The van der Waals surface area contributed by atoms with Gasteiger partial charge in [0.05, 0.1) is 6.42 Å². The normalized spacial score (nSPS) is 12.5. The summed E-state index contributed by atoms with van der Waals surface area (Å²) in [6.45, 7) is 10.4. The number of carbonyl (C=O) groups excluding carboxylic acids is 4. The first-order valence-electron chi connectivity index (χ1n) is 11.7. The van der Waals surface area contributed by atoms with Crippen LogP contribution in [-0.2, 0) is 19.1 Å². The summed E-state index contributed by atoms with van der Waals surface area (Å²) in [7, 11) is 0. The molecule has 0 spiro atoms. The molecule has 0 saturated heterocycles. The highest BCUT2D eigenvalue weighted by molar-refractivity contribution is 6.01. The molecule has 0 aliphatic carbocycles. The summed E-state index contributed by atoms with van der Waals surface area (Å²) >= 11 is 0. The summed E-state index contributed by atoms with van der Waals surface area (Å²) in [4.78, 5) is 52.5. The fourth-order valence-electron chi connectivity index (χ4n) is 3.83. The molecule has 2 aromatic rings. The Balaban J connectivity index is 2.55. The Morgan fingerprint density at radius 3 is 2.08 bits per heavy atom. The van der Waals surface area contributed by atoms with E-state index in [1.54, 1.807) is 58.9 Å². The van der Waals surface area contributed by atoms with Gasteiger partial charge in [-0.05, 0) is 69.9 Å². The highest BCUT2D eigenvalue weighted by Crippen LogP contribution is 2.30. The Hall–Kier alpha value is -4.32. The van der Waals surface area contributed by atoms with Gasteiger partial charge in [-0.1, -0.05) is 42.8 Å². The van der Waals surface area contributed by atoms with Gasteiger partial charge in [0.15, 0.2) is 0 Å². The van der Waals surface area contributed by atoms with Crippen molar-refractivity contribution in [2.24, 2.45) is 5.73 Å². The zero-order valence-electron chi connectivity index (χ0n) is 22.0. The summed E-state index contributed by atoms with van der Waals surface area (Å²) < 4.78 is 5.23. The molecule has 2 unspecified atom stereocenters. The topological polar surface area (TPSA) is 131 Å². The van der Waals surface area contributed by atoms with E-state index in [4.69, 9.17) is 16.9 Å². The number of carbonyl (C=O) groups is 4. The summed E-state index contributed by atoms with van der Waals surface area (Å²) in [5.74, 6) is -2.27. The first-order valence-corrected chi connectivity index (χ1v) is 11.7. The van der Waals surface area contributed by atoms with Gasteiger partial charge in [0.25, 0.3) is 11.8 Å². The molecule has 4 N–H and O–H groups in total. The number of rotatable bonds is 8. The molecule has 0 aliphatic rings. The van der Waals surface area contributed by atoms with Gasteiger partial charge < -0.3 is 21.1 Å². The lowest BCUT2D eigenvalue weighted by Gasteiger charge is -2.31. The number of nitrogens with two attached hydrogens (primary N) is 1. The zero-order chi connectivity index (χ0) is 27.9. The van der Waals surface area contributed by atoms with E-state index in [-0.39, 0.29) is 0 Å². The maximum absolute atomic E-state index is 13.7. The van der Waals surface area contributed by atoms with E-state index in [9.17, 15) is 19.2 Å². The van der Waals surface area contributed by atoms with Crippen molar-refractivity contribution in [1.29, 1.82) is 0 Å². The first kappa shape index (κ1) is 28.9. The molecule has 2 aromatic carbocycles. The second-order valence-corrected chi connectivity index (χ2v) is 9.72. The number of aryl methyl sites for hydroxylation is 3. The number of primary amides is 1. The molecular formula is C28H34N4O5. The SMILES string of the molecule is C#CN(C(=O)C(CC(N)=O)NC(=O)OC(C)(C)C)C(C(=O)Nc1ccccc1C)c1c(C)cccc1C. The van der Waals surface area contributed by atoms with E-state index in [0.717, 1.165) is 21.6 Å². The number of terminal acetylenes is 1. The van der Waals surface area contributed by atoms with Gasteiger partial charge in [-0.25, -0.2) is 4.79 Å². The maximum Gasteiger partial charge on any atom is 0.408 e. The molecule has 0 fully saturated rings. The van der Waals surface area contributed by atoms with Crippen molar-refractivity contribution in [2.45, 2.75) is 65.6 Å². The monoisotopic (exact) mass is 506 g/mol. The molecule has 0 radical (unpaired) electrons. The third-order valence-electron chi connectivity index (χ3n) is 5.50. The van der Waals surface area contributed by atoms with Crippen LogP contribution in [0.15, 0.2) is 42.5 Å². The quantitative estimate of drug-likeness (QED) is 0.373. The van der Waals surface area contributed by atoms with Crippen LogP contribution in [-0.4, -0.2) is 40.4 Å². The molecule has 0 aliphatic heterocycles. The molecule has 0 bridgehead atoms. The summed E-state index contributed by atoms with van der Waals surface area (Å²) in [6, 6.07) is 12.2. The standard InChI is InChI=1S/C28H34N4O5/c1-8-32(26(35)21(16-22(29)33)31-27(36)37-28(5,6)7)24(23-18(3)13-11-14-19(23)4)25(34)30-20-15-10-9-12-17(20)2/h1,9-15,21,24H,16H2,2-7H3,(H2,29,33)(H,30,34)(H,31,36). The number of anilines is 1. The molecule has 2 rings (SSSR count). The number of alkyl carbamates (subject to hydrolysis) is 1. The molecule has 9 nitrogen and oxygen atoms in total. The molecule has 9 heteroatoms. The summed E-state index contributed by atoms with van der Waals surface area (Å²) in [5, 5.41) is 5.22. The van der Waals surface area contributed by atoms with Gasteiger partial charge in [0.1, 0.15) is 17.7 Å². The minimum Gasteiger partial charge on any atom is -0.444 e. The average molecular weight is 507 g/mol. The lowest BCUT2D eigenvalue weighted by atomic mass is 9.93. The number of para-hydroxylation sites is 1. The number of hydrogen-bond acceptors (Lipinski definition) is 5. The van der Waals surface area contributed by atoms with Crippen LogP contribution in [0.5, 0.6) is 0 Å². The van der Waals surface area contributed by atoms with Gasteiger partial charge in [-0.3, -0.25) is 19.3 Å². The minimum atomic E-state index is -1.46. The molecule has 0 aromatic heterocycles. The average Bonchev–Trinajstić information content (AvgIpc) is 2.77. The van der Waals surface area contributed by atoms with Crippen molar-refractivity contribution in [3.05, 3.63) is 64.7 Å². The van der Waals surface area contributed by atoms with Crippen LogP contribution < -0.4 is 16.4 Å².